The summed E-state index contributed by atoms with van der Waals surface area (Å²) in [4.78, 5) is 23.5. The van der Waals surface area contributed by atoms with Gasteiger partial charge < -0.3 is 15.1 Å². The van der Waals surface area contributed by atoms with Gasteiger partial charge in [0.05, 0.1) is 12.3 Å². The quantitative estimate of drug-likeness (QED) is 0.719. The third-order valence-electron chi connectivity index (χ3n) is 3.16. The van der Waals surface area contributed by atoms with Crippen LogP contribution in [-0.4, -0.2) is 46.7 Å². The number of hydrogen-bond donors (Lipinski definition) is 2. The molecule has 0 radical (unpaired) electrons. The lowest BCUT2D eigenvalue weighted by molar-refractivity contribution is -0.141. The Kier molecular flexibility index (Phi) is 6.73. The van der Waals surface area contributed by atoms with E-state index >= 15 is 0 Å². The molecule has 110 valence electrons. The molecular weight excluding hydrogens is 258 g/mol. The van der Waals surface area contributed by atoms with Crippen LogP contribution in [0.4, 0.5) is 0 Å². The molecule has 20 heavy (non-hydrogen) atoms. The first kappa shape index (κ1) is 16.2. The van der Waals surface area contributed by atoms with Gasteiger partial charge in [-0.3, -0.25) is 9.59 Å². The van der Waals surface area contributed by atoms with Gasteiger partial charge in [0.15, 0.2) is 0 Å². The van der Waals surface area contributed by atoms with Gasteiger partial charge in [0.2, 0.25) is 0 Å². The minimum atomic E-state index is -0.863. The van der Waals surface area contributed by atoms with Gasteiger partial charge in [-0.25, -0.2) is 0 Å². The molecule has 1 unspecified atom stereocenters. The normalized spacial score (nSPS) is 12.3. The molecule has 0 aliphatic heterocycles. The van der Waals surface area contributed by atoms with Crippen LogP contribution in [0.3, 0.4) is 0 Å². The molecule has 1 aromatic rings. The van der Waals surface area contributed by atoms with Crippen LogP contribution >= 0.6 is 0 Å². The van der Waals surface area contributed by atoms with Gasteiger partial charge in [0.25, 0.3) is 0 Å². The van der Waals surface area contributed by atoms with Gasteiger partial charge in [-0.05, 0) is 12.0 Å². The van der Waals surface area contributed by atoms with Crippen molar-refractivity contribution in [1.29, 1.82) is 0 Å². The summed E-state index contributed by atoms with van der Waals surface area (Å²) in [6.45, 7) is 3.04. The van der Waals surface area contributed by atoms with Crippen LogP contribution in [0.25, 0.3) is 0 Å². The zero-order valence-electron chi connectivity index (χ0n) is 11.7. The molecule has 0 aliphatic carbocycles. The average Bonchev–Trinajstić information content (AvgIpc) is 2.42. The number of benzene rings is 1. The standard InChI is InChI=1S/C15H21NO4/c1-12(15(19)20)11-16(10-8-14(17)18)9-7-13-5-3-2-4-6-13/h2-6,12H,7-11H2,1H3,(H,17,18)(H,19,20). The van der Waals surface area contributed by atoms with Gasteiger partial charge >= 0.3 is 11.9 Å². The number of rotatable bonds is 9. The van der Waals surface area contributed by atoms with Crippen LogP contribution in [0, 0.1) is 5.92 Å². The molecule has 5 nitrogen and oxygen atoms in total. The third-order valence-corrected chi connectivity index (χ3v) is 3.16. The summed E-state index contributed by atoms with van der Waals surface area (Å²) in [6.07, 6.45) is 0.813. The van der Waals surface area contributed by atoms with E-state index in [1.54, 1.807) is 6.92 Å². The van der Waals surface area contributed by atoms with E-state index in [1.807, 2.05) is 35.2 Å². The fourth-order valence-electron chi connectivity index (χ4n) is 1.95. The average molecular weight is 279 g/mol. The van der Waals surface area contributed by atoms with Crippen molar-refractivity contribution < 1.29 is 19.8 Å². The van der Waals surface area contributed by atoms with E-state index in [0.717, 1.165) is 12.0 Å². The number of carboxylic acids is 2. The number of aliphatic carboxylic acids is 2. The Labute approximate surface area is 118 Å². The second-order valence-corrected chi connectivity index (χ2v) is 4.92. The van der Waals surface area contributed by atoms with Crippen molar-refractivity contribution in [3.8, 4) is 0 Å². The summed E-state index contributed by atoms with van der Waals surface area (Å²) in [7, 11) is 0. The summed E-state index contributed by atoms with van der Waals surface area (Å²) in [5, 5.41) is 17.7. The topological polar surface area (TPSA) is 77.8 Å². The van der Waals surface area contributed by atoms with Gasteiger partial charge in [-0.2, -0.15) is 0 Å². The lowest BCUT2D eigenvalue weighted by Gasteiger charge is -2.23. The van der Waals surface area contributed by atoms with E-state index in [4.69, 9.17) is 10.2 Å². The number of carbonyl (C=O) groups is 2. The fourth-order valence-corrected chi connectivity index (χ4v) is 1.95. The highest BCUT2D eigenvalue weighted by Gasteiger charge is 2.16. The SMILES string of the molecule is CC(CN(CCC(=O)O)CCc1ccccc1)C(=O)O. The Balaban J connectivity index is 2.52. The van der Waals surface area contributed by atoms with Crippen molar-refractivity contribution >= 4 is 11.9 Å². The number of carboxylic acid groups (broad SMARTS) is 2. The Bertz CT molecular complexity index is 433. The Hall–Kier alpha value is -1.88. The smallest absolute Gasteiger partial charge is 0.307 e. The molecule has 0 aliphatic rings. The van der Waals surface area contributed by atoms with Gasteiger partial charge in [-0.15, -0.1) is 0 Å². The highest BCUT2D eigenvalue weighted by molar-refractivity contribution is 5.69. The van der Waals surface area contributed by atoms with Gasteiger partial charge in [-0.1, -0.05) is 37.3 Å². The summed E-state index contributed by atoms with van der Waals surface area (Å²) >= 11 is 0. The van der Waals surface area contributed by atoms with E-state index in [-0.39, 0.29) is 6.42 Å². The fraction of sp³-hybridized carbons (Fsp3) is 0.467. The summed E-state index contributed by atoms with van der Waals surface area (Å²) in [6, 6.07) is 9.87. The molecule has 0 spiro atoms. The molecule has 0 aromatic heterocycles. The molecule has 1 rings (SSSR count). The first-order chi connectivity index (χ1) is 9.49. The minimum absolute atomic E-state index is 0.0289. The van der Waals surface area contributed by atoms with Crippen molar-refractivity contribution in [2.24, 2.45) is 5.92 Å². The van der Waals surface area contributed by atoms with Gasteiger partial charge in [0.1, 0.15) is 0 Å². The Morgan fingerprint density at radius 3 is 2.35 bits per heavy atom. The van der Waals surface area contributed by atoms with E-state index in [1.165, 1.54) is 0 Å². The van der Waals surface area contributed by atoms with Crippen molar-refractivity contribution in [2.45, 2.75) is 19.8 Å². The zero-order chi connectivity index (χ0) is 15.0. The lowest BCUT2D eigenvalue weighted by Crippen LogP contribution is -2.35. The minimum Gasteiger partial charge on any atom is -0.481 e. The van der Waals surface area contributed by atoms with Crippen LogP contribution in [0.1, 0.15) is 18.9 Å². The van der Waals surface area contributed by atoms with E-state index in [0.29, 0.717) is 19.6 Å². The molecule has 0 bridgehead atoms. The first-order valence-electron chi connectivity index (χ1n) is 6.70. The maximum absolute atomic E-state index is 10.9. The van der Waals surface area contributed by atoms with Crippen molar-refractivity contribution in [3.05, 3.63) is 35.9 Å². The third kappa shape index (κ3) is 6.33. The summed E-state index contributed by atoms with van der Waals surface area (Å²) < 4.78 is 0. The van der Waals surface area contributed by atoms with Crippen molar-refractivity contribution in [3.63, 3.8) is 0 Å². The molecule has 0 saturated carbocycles. The predicted octanol–water partition coefficient (Wildman–Crippen LogP) is 1.73. The van der Waals surface area contributed by atoms with Crippen LogP contribution in [0.2, 0.25) is 0 Å². The molecule has 0 amide bonds. The monoisotopic (exact) mass is 279 g/mol. The molecule has 0 saturated heterocycles. The molecule has 0 fully saturated rings. The highest BCUT2D eigenvalue weighted by Crippen LogP contribution is 2.06. The van der Waals surface area contributed by atoms with Crippen molar-refractivity contribution in [2.75, 3.05) is 19.6 Å². The highest BCUT2D eigenvalue weighted by atomic mass is 16.4. The number of nitrogens with zero attached hydrogens (tertiary/aromatic N) is 1. The Morgan fingerprint density at radius 2 is 1.80 bits per heavy atom. The van der Waals surface area contributed by atoms with Crippen LogP contribution < -0.4 is 0 Å². The van der Waals surface area contributed by atoms with Crippen LogP contribution in [0.15, 0.2) is 30.3 Å². The zero-order valence-corrected chi connectivity index (χ0v) is 11.7. The number of hydrogen-bond acceptors (Lipinski definition) is 3. The Morgan fingerprint density at radius 1 is 1.15 bits per heavy atom. The second-order valence-electron chi connectivity index (χ2n) is 4.92. The molecule has 2 N–H and O–H groups in total. The molecule has 1 aromatic carbocycles. The molecule has 5 heteroatoms. The first-order valence-corrected chi connectivity index (χ1v) is 6.70. The summed E-state index contributed by atoms with van der Waals surface area (Å²) in [5.41, 5.74) is 1.16. The molecule has 1 atom stereocenters. The van der Waals surface area contributed by atoms with Crippen molar-refractivity contribution in [1.82, 2.24) is 4.90 Å². The lowest BCUT2D eigenvalue weighted by atomic mass is 10.1. The van der Waals surface area contributed by atoms with E-state index in [9.17, 15) is 9.59 Å². The summed E-state index contributed by atoms with van der Waals surface area (Å²) in [5.74, 6) is -2.22. The predicted molar refractivity (Wildman–Crippen MR) is 75.6 cm³/mol. The maximum atomic E-state index is 10.9. The van der Waals surface area contributed by atoms with E-state index < -0.39 is 17.9 Å². The molecule has 0 heterocycles. The second kappa shape index (κ2) is 8.32. The van der Waals surface area contributed by atoms with Gasteiger partial charge in [0, 0.05) is 19.6 Å². The van der Waals surface area contributed by atoms with Crippen LogP contribution in [0.5, 0.6) is 0 Å². The molecular formula is C15H21NO4. The largest absolute Gasteiger partial charge is 0.481 e. The maximum Gasteiger partial charge on any atom is 0.307 e. The van der Waals surface area contributed by atoms with E-state index in [2.05, 4.69) is 0 Å². The van der Waals surface area contributed by atoms with Crippen LogP contribution in [-0.2, 0) is 16.0 Å².